The van der Waals surface area contributed by atoms with E-state index in [9.17, 15) is 10.1 Å². The minimum absolute atomic E-state index is 0.0487. The molecule has 0 unspecified atom stereocenters. The standard InChI is InChI=1S/C14H14N2O2/c1-9-7-10(2)13(11(3)8-9)14-12(16(17)18)5-4-6-15-14/h4-8H,1-3H3. The predicted octanol–water partition coefficient (Wildman–Crippen LogP) is 3.58. The molecule has 1 heterocycles. The number of nitrogens with zero attached hydrogens (tertiary/aromatic N) is 2. The predicted molar refractivity (Wildman–Crippen MR) is 70.5 cm³/mol. The highest BCUT2D eigenvalue weighted by atomic mass is 16.6. The number of aryl methyl sites for hydroxylation is 3. The lowest BCUT2D eigenvalue weighted by Gasteiger charge is -2.10. The highest BCUT2D eigenvalue weighted by Gasteiger charge is 2.19. The number of pyridine rings is 1. The minimum Gasteiger partial charge on any atom is -0.258 e. The maximum absolute atomic E-state index is 11.1. The molecule has 2 rings (SSSR count). The Bertz CT molecular complexity index is 598. The summed E-state index contributed by atoms with van der Waals surface area (Å²) in [5.41, 5.74) is 4.51. The van der Waals surface area contributed by atoms with Gasteiger partial charge >= 0.3 is 0 Å². The second-order valence-electron chi connectivity index (χ2n) is 4.40. The van der Waals surface area contributed by atoms with Crippen LogP contribution in [0.4, 0.5) is 5.69 Å². The highest BCUT2D eigenvalue weighted by molar-refractivity contribution is 5.75. The number of hydrogen-bond acceptors (Lipinski definition) is 3. The molecule has 2 aromatic rings. The molecular formula is C14H14N2O2. The van der Waals surface area contributed by atoms with Crippen molar-refractivity contribution in [2.24, 2.45) is 0 Å². The Morgan fingerprint density at radius 1 is 1.17 bits per heavy atom. The van der Waals surface area contributed by atoms with Gasteiger partial charge in [0.25, 0.3) is 5.69 Å². The monoisotopic (exact) mass is 242 g/mol. The van der Waals surface area contributed by atoms with Gasteiger partial charge in [0.15, 0.2) is 0 Å². The smallest absolute Gasteiger partial charge is 0.258 e. The molecule has 0 radical (unpaired) electrons. The van der Waals surface area contributed by atoms with E-state index in [1.807, 2.05) is 32.9 Å². The van der Waals surface area contributed by atoms with Gasteiger partial charge in [0.2, 0.25) is 0 Å². The van der Waals surface area contributed by atoms with Gasteiger partial charge in [-0.15, -0.1) is 0 Å². The van der Waals surface area contributed by atoms with Gasteiger partial charge in [0, 0.05) is 17.8 Å². The van der Waals surface area contributed by atoms with Crippen molar-refractivity contribution in [2.75, 3.05) is 0 Å². The van der Waals surface area contributed by atoms with E-state index < -0.39 is 0 Å². The van der Waals surface area contributed by atoms with Crippen LogP contribution in [0.1, 0.15) is 16.7 Å². The van der Waals surface area contributed by atoms with E-state index in [0.29, 0.717) is 5.69 Å². The Balaban J connectivity index is 2.74. The molecule has 0 saturated heterocycles. The molecular weight excluding hydrogens is 228 g/mol. The molecule has 4 heteroatoms. The average molecular weight is 242 g/mol. The summed E-state index contributed by atoms with van der Waals surface area (Å²) >= 11 is 0. The van der Waals surface area contributed by atoms with Crippen LogP contribution in [0.25, 0.3) is 11.3 Å². The fourth-order valence-corrected chi connectivity index (χ4v) is 2.29. The van der Waals surface area contributed by atoms with E-state index >= 15 is 0 Å². The van der Waals surface area contributed by atoms with Crippen molar-refractivity contribution < 1.29 is 4.92 Å². The van der Waals surface area contributed by atoms with E-state index in [4.69, 9.17) is 0 Å². The van der Waals surface area contributed by atoms with Gasteiger partial charge in [-0.3, -0.25) is 10.1 Å². The molecule has 0 N–H and O–H groups in total. The summed E-state index contributed by atoms with van der Waals surface area (Å²) < 4.78 is 0. The van der Waals surface area contributed by atoms with E-state index in [-0.39, 0.29) is 10.6 Å². The van der Waals surface area contributed by atoms with E-state index in [2.05, 4.69) is 4.98 Å². The molecule has 0 aliphatic carbocycles. The lowest BCUT2D eigenvalue weighted by atomic mass is 9.96. The number of benzene rings is 1. The summed E-state index contributed by atoms with van der Waals surface area (Å²) in [5.74, 6) is 0. The second-order valence-corrected chi connectivity index (χ2v) is 4.40. The van der Waals surface area contributed by atoms with Crippen LogP contribution in [-0.4, -0.2) is 9.91 Å². The summed E-state index contributed by atoms with van der Waals surface area (Å²) in [6.45, 7) is 5.91. The van der Waals surface area contributed by atoms with Crippen LogP contribution in [0.3, 0.4) is 0 Å². The molecule has 0 amide bonds. The van der Waals surface area contributed by atoms with Crippen molar-refractivity contribution in [1.29, 1.82) is 0 Å². The van der Waals surface area contributed by atoms with Crippen molar-refractivity contribution in [3.05, 3.63) is 57.3 Å². The lowest BCUT2D eigenvalue weighted by Crippen LogP contribution is -1.98. The van der Waals surface area contributed by atoms with Crippen molar-refractivity contribution in [1.82, 2.24) is 4.98 Å². The fourth-order valence-electron chi connectivity index (χ4n) is 2.29. The molecule has 4 nitrogen and oxygen atoms in total. The first-order valence-corrected chi connectivity index (χ1v) is 5.68. The van der Waals surface area contributed by atoms with Crippen LogP contribution in [-0.2, 0) is 0 Å². The number of rotatable bonds is 2. The van der Waals surface area contributed by atoms with E-state index in [0.717, 1.165) is 22.3 Å². The average Bonchev–Trinajstić information content (AvgIpc) is 2.28. The van der Waals surface area contributed by atoms with Crippen LogP contribution >= 0.6 is 0 Å². The van der Waals surface area contributed by atoms with Gasteiger partial charge in [-0.05, 0) is 38.0 Å². The molecule has 0 aliphatic heterocycles. The van der Waals surface area contributed by atoms with E-state index in [1.54, 1.807) is 12.3 Å². The largest absolute Gasteiger partial charge is 0.295 e. The molecule has 0 aliphatic rings. The third kappa shape index (κ3) is 2.09. The Labute approximate surface area is 105 Å². The third-order valence-electron chi connectivity index (χ3n) is 2.90. The summed E-state index contributed by atoms with van der Waals surface area (Å²) in [5, 5.41) is 11.1. The van der Waals surface area contributed by atoms with Gasteiger partial charge in [-0.25, -0.2) is 4.98 Å². The SMILES string of the molecule is Cc1cc(C)c(-c2ncccc2[N+](=O)[O-])c(C)c1. The van der Waals surface area contributed by atoms with E-state index in [1.165, 1.54) is 6.07 Å². The van der Waals surface area contributed by atoms with Gasteiger partial charge < -0.3 is 0 Å². The fraction of sp³-hybridized carbons (Fsp3) is 0.214. The first kappa shape index (κ1) is 12.2. The summed E-state index contributed by atoms with van der Waals surface area (Å²) in [6, 6.07) is 7.10. The maximum atomic E-state index is 11.1. The zero-order valence-electron chi connectivity index (χ0n) is 10.6. The molecule has 1 aromatic heterocycles. The summed E-state index contributed by atoms with van der Waals surface area (Å²) in [7, 11) is 0. The number of nitro groups is 1. The third-order valence-corrected chi connectivity index (χ3v) is 2.90. The minimum atomic E-state index is -0.388. The Kier molecular flexibility index (Phi) is 3.10. The molecule has 0 saturated carbocycles. The van der Waals surface area contributed by atoms with Crippen LogP contribution in [0.15, 0.2) is 30.5 Å². The van der Waals surface area contributed by atoms with Crippen LogP contribution in [0.5, 0.6) is 0 Å². The Morgan fingerprint density at radius 3 is 2.33 bits per heavy atom. The number of hydrogen-bond donors (Lipinski definition) is 0. The van der Waals surface area contributed by atoms with Crippen LogP contribution < -0.4 is 0 Å². The molecule has 18 heavy (non-hydrogen) atoms. The van der Waals surface area contributed by atoms with Gasteiger partial charge in [0.1, 0.15) is 5.69 Å². The van der Waals surface area contributed by atoms with Crippen molar-refractivity contribution >= 4 is 5.69 Å². The zero-order chi connectivity index (χ0) is 13.3. The van der Waals surface area contributed by atoms with Crippen molar-refractivity contribution in [3.63, 3.8) is 0 Å². The Morgan fingerprint density at radius 2 is 1.78 bits per heavy atom. The van der Waals surface area contributed by atoms with Gasteiger partial charge in [0.05, 0.1) is 4.92 Å². The van der Waals surface area contributed by atoms with Gasteiger partial charge in [-0.2, -0.15) is 0 Å². The quantitative estimate of drug-likeness (QED) is 0.597. The molecule has 92 valence electrons. The first-order valence-electron chi connectivity index (χ1n) is 5.68. The number of aromatic nitrogens is 1. The molecule has 1 aromatic carbocycles. The second kappa shape index (κ2) is 4.56. The van der Waals surface area contributed by atoms with Crippen molar-refractivity contribution in [2.45, 2.75) is 20.8 Å². The molecule has 0 atom stereocenters. The molecule has 0 bridgehead atoms. The van der Waals surface area contributed by atoms with Crippen molar-refractivity contribution in [3.8, 4) is 11.3 Å². The van der Waals surface area contributed by atoms with Crippen LogP contribution in [0.2, 0.25) is 0 Å². The summed E-state index contributed by atoms with van der Waals surface area (Å²) in [6.07, 6.45) is 1.58. The maximum Gasteiger partial charge on any atom is 0.295 e. The van der Waals surface area contributed by atoms with Gasteiger partial charge in [-0.1, -0.05) is 17.7 Å². The molecule has 0 fully saturated rings. The topological polar surface area (TPSA) is 56.0 Å². The highest BCUT2D eigenvalue weighted by Crippen LogP contribution is 2.32. The summed E-state index contributed by atoms with van der Waals surface area (Å²) in [4.78, 5) is 14.8. The first-order chi connectivity index (χ1) is 8.50. The van der Waals surface area contributed by atoms with Crippen LogP contribution in [0, 0.1) is 30.9 Å². The lowest BCUT2D eigenvalue weighted by molar-refractivity contribution is -0.384. The molecule has 0 spiro atoms. The zero-order valence-corrected chi connectivity index (χ0v) is 10.6. The Hall–Kier alpha value is -2.23. The normalized spacial score (nSPS) is 10.4.